The summed E-state index contributed by atoms with van der Waals surface area (Å²) in [7, 11) is 1.73. The lowest BCUT2D eigenvalue weighted by Gasteiger charge is -2.32. The molecule has 0 aliphatic carbocycles. The van der Waals surface area contributed by atoms with E-state index in [1.807, 2.05) is 4.90 Å². The molecule has 2 rings (SSSR count). The molecule has 1 atom stereocenters. The largest absolute Gasteiger partial charge is 0.351 e. The van der Waals surface area contributed by atoms with Gasteiger partial charge in [-0.3, -0.25) is 10.1 Å². The Balaban J connectivity index is 2.26. The molecule has 1 aliphatic heterocycles. The molecule has 94 valence electrons. The van der Waals surface area contributed by atoms with Gasteiger partial charge in [0.15, 0.2) is 0 Å². The molecule has 0 aromatic carbocycles. The first-order chi connectivity index (χ1) is 8.13. The number of rotatable bonds is 3. The van der Waals surface area contributed by atoms with E-state index in [2.05, 4.69) is 5.10 Å². The Kier molecular flexibility index (Phi) is 3.28. The molecule has 0 saturated carbocycles. The number of anilines is 1. The van der Waals surface area contributed by atoms with E-state index in [-0.39, 0.29) is 10.6 Å². The van der Waals surface area contributed by atoms with Gasteiger partial charge in [-0.1, -0.05) is 0 Å². The first-order valence-corrected chi connectivity index (χ1v) is 5.75. The maximum atomic E-state index is 10.9. The van der Waals surface area contributed by atoms with Gasteiger partial charge < -0.3 is 10.6 Å². The lowest BCUT2D eigenvalue weighted by molar-refractivity contribution is -0.384. The zero-order chi connectivity index (χ0) is 12.4. The molecule has 0 unspecified atom stereocenters. The van der Waals surface area contributed by atoms with E-state index in [1.165, 1.54) is 6.20 Å². The Morgan fingerprint density at radius 2 is 2.47 bits per heavy atom. The molecule has 0 spiro atoms. The van der Waals surface area contributed by atoms with Gasteiger partial charge >= 0.3 is 5.69 Å². The second kappa shape index (κ2) is 4.70. The Morgan fingerprint density at radius 1 is 1.71 bits per heavy atom. The highest BCUT2D eigenvalue weighted by Crippen LogP contribution is 2.30. The predicted molar refractivity (Wildman–Crippen MR) is 63.9 cm³/mol. The van der Waals surface area contributed by atoms with Gasteiger partial charge in [-0.2, -0.15) is 5.10 Å². The van der Waals surface area contributed by atoms with Gasteiger partial charge in [-0.15, -0.1) is 0 Å². The summed E-state index contributed by atoms with van der Waals surface area (Å²) < 4.78 is 1.57. The second-order valence-electron chi connectivity index (χ2n) is 4.42. The van der Waals surface area contributed by atoms with E-state index in [4.69, 9.17) is 5.73 Å². The van der Waals surface area contributed by atoms with Gasteiger partial charge in [-0.05, 0) is 25.3 Å². The molecule has 1 aliphatic rings. The molecule has 2 N–H and O–H groups in total. The van der Waals surface area contributed by atoms with E-state index in [9.17, 15) is 10.1 Å². The van der Waals surface area contributed by atoms with E-state index in [0.29, 0.717) is 18.3 Å². The molecule has 7 heteroatoms. The van der Waals surface area contributed by atoms with Gasteiger partial charge in [0.1, 0.15) is 6.20 Å². The first kappa shape index (κ1) is 11.8. The van der Waals surface area contributed by atoms with Crippen LogP contribution in [0.15, 0.2) is 6.20 Å². The predicted octanol–water partition coefficient (Wildman–Crippen LogP) is 0.503. The summed E-state index contributed by atoms with van der Waals surface area (Å²) in [6, 6.07) is 0. The number of piperidine rings is 1. The maximum absolute atomic E-state index is 10.9. The Labute approximate surface area is 99.3 Å². The molecular weight excluding hydrogens is 222 g/mol. The van der Waals surface area contributed by atoms with Gasteiger partial charge in [0.2, 0.25) is 5.82 Å². The van der Waals surface area contributed by atoms with Crippen LogP contribution in [-0.2, 0) is 7.05 Å². The quantitative estimate of drug-likeness (QED) is 0.613. The lowest BCUT2D eigenvalue weighted by Crippen LogP contribution is -2.39. The van der Waals surface area contributed by atoms with Crippen LogP contribution >= 0.6 is 0 Å². The molecule has 0 bridgehead atoms. The van der Waals surface area contributed by atoms with Crippen molar-refractivity contribution in [2.24, 2.45) is 18.7 Å². The highest BCUT2D eigenvalue weighted by molar-refractivity contribution is 5.57. The Bertz CT molecular complexity index is 417. The van der Waals surface area contributed by atoms with Crippen molar-refractivity contribution in [2.45, 2.75) is 12.8 Å². The summed E-state index contributed by atoms with van der Waals surface area (Å²) in [5.74, 6) is 1.01. The van der Waals surface area contributed by atoms with Crippen molar-refractivity contribution in [2.75, 3.05) is 24.5 Å². The van der Waals surface area contributed by atoms with Crippen molar-refractivity contribution < 1.29 is 4.92 Å². The van der Waals surface area contributed by atoms with E-state index >= 15 is 0 Å². The maximum Gasteiger partial charge on any atom is 0.331 e. The summed E-state index contributed by atoms with van der Waals surface area (Å²) >= 11 is 0. The number of aryl methyl sites for hydroxylation is 1. The normalized spacial score (nSPS) is 20.6. The van der Waals surface area contributed by atoms with Crippen molar-refractivity contribution in [3.8, 4) is 0 Å². The van der Waals surface area contributed by atoms with Gasteiger partial charge in [0, 0.05) is 20.1 Å². The molecule has 0 radical (unpaired) electrons. The van der Waals surface area contributed by atoms with Gasteiger partial charge in [0.05, 0.1) is 4.92 Å². The van der Waals surface area contributed by atoms with Crippen molar-refractivity contribution >= 4 is 11.5 Å². The fourth-order valence-corrected chi connectivity index (χ4v) is 2.36. The molecular formula is C10H17N5O2. The van der Waals surface area contributed by atoms with E-state index in [1.54, 1.807) is 11.7 Å². The Hall–Kier alpha value is -1.63. The molecule has 1 saturated heterocycles. The average Bonchev–Trinajstić information content (AvgIpc) is 2.71. The van der Waals surface area contributed by atoms with Crippen LogP contribution in [0, 0.1) is 16.0 Å². The second-order valence-corrected chi connectivity index (χ2v) is 4.42. The standard InChI is InChI=1S/C10H17N5O2/c1-13-10(9(6-12-13)15(16)17)14-4-2-3-8(5-11)7-14/h6,8H,2-5,7,11H2,1H3/t8-/m1/s1. The number of aromatic nitrogens is 2. The van der Waals surface area contributed by atoms with Crippen LogP contribution in [0.1, 0.15) is 12.8 Å². The third-order valence-corrected chi connectivity index (χ3v) is 3.24. The fraction of sp³-hybridized carbons (Fsp3) is 0.700. The first-order valence-electron chi connectivity index (χ1n) is 5.75. The fourth-order valence-electron chi connectivity index (χ4n) is 2.36. The molecule has 1 aromatic heterocycles. The Morgan fingerprint density at radius 3 is 3.12 bits per heavy atom. The van der Waals surface area contributed by atoms with E-state index in [0.717, 1.165) is 25.9 Å². The van der Waals surface area contributed by atoms with Crippen molar-refractivity contribution in [3.63, 3.8) is 0 Å². The smallest absolute Gasteiger partial charge is 0.331 e. The van der Waals surface area contributed by atoms with Crippen LogP contribution < -0.4 is 10.6 Å². The minimum absolute atomic E-state index is 0.0742. The third kappa shape index (κ3) is 2.23. The minimum atomic E-state index is -0.381. The highest BCUT2D eigenvalue weighted by atomic mass is 16.6. The van der Waals surface area contributed by atoms with Crippen molar-refractivity contribution in [3.05, 3.63) is 16.3 Å². The zero-order valence-corrected chi connectivity index (χ0v) is 9.87. The summed E-state index contributed by atoms with van der Waals surface area (Å²) in [4.78, 5) is 12.6. The average molecular weight is 239 g/mol. The van der Waals surface area contributed by atoms with Crippen LogP contribution in [0.4, 0.5) is 11.5 Å². The molecule has 2 heterocycles. The lowest BCUT2D eigenvalue weighted by atomic mass is 9.98. The molecule has 0 amide bonds. The van der Waals surface area contributed by atoms with Gasteiger partial charge in [0.25, 0.3) is 0 Å². The minimum Gasteiger partial charge on any atom is -0.351 e. The number of nitrogens with two attached hydrogens (primary N) is 1. The van der Waals surface area contributed by atoms with Crippen LogP contribution in [0.3, 0.4) is 0 Å². The summed E-state index contributed by atoms with van der Waals surface area (Å²) in [5, 5.41) is 14.9. The van der Waals surface area contributed by atoms with Crippen molar-refractivity contribution in [1.82, 2.24) is 9.78 Å². The molecule has 17 heavy (non-hydrogen) atoms. The van der Waals surface area contributed by atoms with Crippen LogP contribution in [0.5, 0.6) is 0 Å². The van der Waals surface area contributed by atoms with E-state index < -0.39 is 0 Å². The molecule has 7 nitrogen and oxygen atoms in total. The van der Waals surface area contributed by atoms with Crippen LogP contribution in [0.25, 0.3) is 0 Å². The third-order valence-electron chi connectivity index (χ3n) is 3.24. The number of hydrogen-bond donors (Lipinski definition) is 1. The number of nitrogens with zero attached hydrogens (tertiary/aromatic N) is 4. The highest BCUT2D eigenvalue weighted by Gasteiger charge is 2.28. The monoisotopic (exact) mass is 239 g/mol. The molecule has 1 aromatic rings. The number of hydrogen-bond acceptors (Lipinski definition) is 5. The topological polar surface area (TPSA) is 90.2 Å². The van der Waals surface area contributed by atoms with Crippen molar-refractivity contribution in [1.29, 1.82) is 0 Å². The zero-order valence-electron chi connectivity index (χ0n) is 9.87. The molecule has 1 fully saturated rings. The van der Waals surface area contributed by atoms with Crippen LogP contribution in [0.2, 0.25) is 0 Å². The van der Waals surface area contributed by atoms with Crippen LogP contribution in [-0.4, -0.2) is 34.3 Å². The SMILES string of the molecule is Cn1ncc([N+](=O)[O-])c1N1CCC[C@H](CN)C1. The summed E-state index contributed by atoms with van der Waals surface area (Å²) in [6.45, 7) is 2.23. The van der Waals surface area contributed by atoms with Gasteiger partial charge in [-0.25, -0.2) is 4.68 Å². The number of nitro groups is 1. The summed E-state index contributed by atoms with van der Waals surface area (Å²) in [5.41, 5.74) is 5.75. The summed E-state index contributed by atoms with van der Waals surface area (Å²) in [6.07, 6.45) is 3.42.